The summed E-state index contributed by atoms with van der Waals surface area (Å²) in [5.41, 5.74) is -2.29. The number of alkyl halides is 1. The van der Waals surface area contributed by atoms with Gasteiger partial charge in [-0.3, -0.25) is 4.90 Å². The molecule has 0 spiro atoms. The summed E-state index contributed by atoms with van der Waals surface area (Å²) in [6, 6.07) is -1.01. The number of esters is 1. The molecule has 0 fully saturated rings. The lowest BCUT2D eigenvalue weighted by atomic mass is 10.00. The number of rotatable bonds is 4. The number of likely N-dealkylation sites (N-methyl/N-ethyl adjacent to an activating group) is 1. The molecule has 0 aliphatic heterocycles. The first kappa shape index (κ1) is 17.7. The molecule has 1 amide bonds. The normalized spacial score (nSPS) is 13.7. The van der Waals surface area contributed by atoms with Crippen LogP contribution in [0, 0.1) is 0 Å². The van der Waals surface area contributed by atoms with E-state index in [-0.39, 0.29) is 6.42 Å². The molecular formula is C13H24FNO4. The molecule has 0 aromatic carbocycles. The van der Waals surface area contributed by atoms with Crippen molar-refractivity contribution in [3.8, 4) is 0 Å². The molecule has 0 saturated heterocycles. The molecule has 1 atom stereocenters. The van der Waals surface area contributed by atoms with E-state index in [0.29, 0.717) is 0 Å². The third kappa shape index (κ3) is 6.98. The van der Waals surface area contributed by atoms with Crippen LogP contribution in [0.3, 0.4) is 0 Å². The summed E-state index contributed by atoms with van der Waals surface area (Å²) in [6.45, 7) is 7.82. The Balaban J connectivity index is 4.96. The van der Waals surface area contributed by atoms with Gasteiger partial charge in [-0.15, -0.1) is 0 Å². The van der Waals surface area contributed by atoms with Crippen LogP contribution in [-0.4, -0.2) is 48.4 Å². The SMILES string of the molecule is COC(=O)C(CC(C)(C)F)N(C)C(=O)OC(C)(C)C. The monoisotopic (exact) mass is 277 g/mol. The number of carbonyl (C=O) groups is 2. The minimum Gasteiger partial charge on any atom is -0.467 e. The van der Waals surface area contributed by atoms with E-state index in [0.717, 1.165) is 4.90 Å². The first-order chi connectivity index (χ1) is 8.37. The third-order valence-corrected chi connectivity index (χ3v) is 2.30. The quantitative estimate of drug-likeness (QED) is 0.741. The lowest BCUT2D eigenvalue weighted by Crippen LogP contribution is -2.47. The Morgan fingerprint density at radius 2 is 1.68 bits per heavy atom. The van der Waals surface area contributed by atoms with Crippen molar-refractivity contribution in [3.05, 3.63) is 0 Å². The minimum atomic E-state index is -1.60. The fraction of sp³-hybridized carbons (Fsp3) is 0.846. The summed E-state index contributed by atoms with van der Waals surface area (Å²) in [5.74, 6) is -0.668. The Bertz CT molecular complexity index is 331. The zero-order chi connectivity index (χ0) is 15.4. The zero-order valence-electron chi connectivity index (χ0n) is 12.7. The van der Waals surface area contributed by atoms with Gasteiger partial charge in [0, 0.05) is 13.5 Å². The summed E-state index contributed by atoms with van der Waals surface area (Å²) in [4.78, 5) is 24.6. The fourth-order valence-corrected chi connectivity index (χ4v) is 1.44. The lowest BCUT2D eigenvalue weighted by Gasteiger charge is -2.31. The second kappa shape index (κ2) is 6.21. The van der Waals surface area contributed by atoms with Gasteiger partial charge in [0.15, 0.2) is 0 Å². The van der Waals surface area contributed by atoms with Gasteiger partial charge in [0.05, 0.1) is 7.11 Å². The molecule has 0 aliphatic carbocycles. The maximum Gasteiger partial charge on any atom is 0.410 e. The van der Waals surface area contributed by atoms with Crippen molar-refractivity contribution in [2.24, 2.45) is 0 Å². The van der Waals surface area contributed by atoms with E-state index in [1.54, 1.807) is 20.8 Å². The lowest BCUT2D eigenvalue weighted by molar-refractivity contribution is -0.147. The highest BCUT2D eigenvalue weighted by Gasteiger charge is 2.35. The van der Waals surface area contributed by atoms with Crippen LogP contribution in [0.1, 0.15) is 41.0 Å². The van der Waals surface area contributed by atoms with E-state index in [1.165, 1.54) is 28.0 Å². The highest BCUT2D eigenvalue weighted by molar-refractivity contribution is 5.81. The van der Waals surface area contributed by atoms with Gasteiger partial charge >= 0.3 is 12.1 Å². The predicted octanol–water partition coefficient (Wildman–Crippen LogP) is 2.53. The van der Waals surface area contributed by atoms with Crippen LogP contribution in [-0.2, 0) is 14.3 Å². The van der Waals surface area contributed by atoms with E-state index in [1.807, 2.05) is 0 Å². The van der Waals surface area contributed by atoms with Crippen molar-refractivity contribution in [1.82, 2.24) is 4.90 Å². The maximum atomic E-state index is 13.7. The summed E-state index contributed by atoms with van der Waals surface area (Å²) in [6.07, 6.45) is -0.845. The first-order valence-electron chi connectivity index (χ1n) is 6.10. The second-order valence-corrected chi connectivity index (χ2v) is 6.05. The second-order valence-electron chi connectivity index (χ2n) is 6.05. The zero-order valence-corrected chi connectivity index (χ0v) is 12.7. The first-order valence-corrected chi connectivity index (χ1v) is 6.10. The number of halogens is 1. The molecule has 0 bridgehead atoms. The Kier molecular flexibility index (Phi) is 5.78. The van der Waals surface area contributed by atoms with Crippen molar-refractivity contribution in [2.45, 2.75) is 58.4 Å². The summed E-state index contributed by atoms with van der Waals surface area (Å²) in [7, 11) is 2.59. The van der Waals surface area contributed by atoms with Crippen LogP contribution < -0.4 is 0 Å². The van der Waals surface area contributed by atoms with Crippen LogP contribution in [0.2, 0.25) is 0 Å². The molecule has 0 heterocycles. The molecule has 0 aliphatic rings. The van der Waals surface area contributed by atoms with E-state index >= 15 is 0 Å². The fourth-order valence-electron chi connectivity index (χ4n) is 1.44. The molecular weight excluding hydrogens is 253 g/mol. The highest BCUT2D eigenvalue weighted by atomic mass is 19.1. The average molecular weight is 277 g/mol. The van der Waals surface area contributed by atoms with Crippen molar-refractivity contribution in [1.29, 1.82) is 0 Å². The molecule has 0 saturated carbocycles. The number of carbonyl (C=O) groups excluding carboxylic acids is 2. The van der Waals surface area contributed by atoms with Crippen LogP contribution in [0.4, 0.5) is 9.18 Å². The van der Waals surface area contributed by atoms with Gasteiger partial charge in [-0.05, 0) is 34.6 Å². The van der Waals surface area contributed by atoms with E-state index in [4.69, 9.17) is 4.74 Å². The minimum absolute atomic E-state index is 0.157. The molecule has 112 valence electrons. The number of amides is 1. The van der Waals surface area contributed by atoms with Gasteiger partial charge in [0.1, 0.15) is 17.3 Å². The molecule has 0 aromatic heterocycles. The van der Waals surface area contributed by atoms with Gasteiger partial charge < -0.3 is 9.47 Å². The van der Waals surface area contributed by atoms with Gasteiger partial charge in [0.25, 0.3) is 0 Å². The Labute approximate surface area is 114 Å². The largest absolute Gasteiger partial charge is 0.467 e. The van der Waals surface area contributed by atoms with E-state index in [2.05, 4.69) is 4.74 Å². The summed E-state index contributed by atoms with van der Waals surface area (Å²) in [5, 5.41) is 0. The van der Waals surface area contributed by atoms with Crippen molar-refractivity contribution >= 4 is 12.1 Å². The van der Waals surface area contributed by atoms with Crippen molar-refractivity contribution in [2.75, 3.05) is 14.2 Å². The number of hydrogen-bond donors (Lipinski definition) is 0. The molecule has 0 aromatic rings. The van der Waals surface area contributed by atoms with Crippen molar-refractivity contribution in [3.63, 3.8) is 0 Å². The highest BCUT2D eigenvalue weighted by Crippen LogP contribution is 2.21. The van der Waals surface area contributed by atoms with Crippen LogP contribution in [0.25, 0.3) is 0 Å². The smallest absolute Gasteiger partial charge is 0.410 e. The standard InChI is InChI=1S/C13H24FNO4/c1-12(2,3)19-11(17)15(6)9(10(16)18-7)8-13(4,5)14/h9H,8H2,1-7H3. The third-order valence-electron chi connectivity index (χ3n) is 2.30. The molecule has 0 radical (unpaired) electrons. The number of methoxy groups -OCH3 is 1. The predicted molar refractivity (Wildman–Crippen MR) is 69.6 cm³/mol. The van der Waals surface area contributed by atoms with Crippen LogP contribution >= 0.6 is 0 Å². The molecule has 0 N–H and O–H groups in total. The molecule has 19 heavy (non-hydrogen) atoms. The summed E-state index contributed by atoms with van der Waals surface area (Å²) < 4.78 is 23.5. The van der Waals surface area contributed by atoms with Crippen molar-refractivity contribution < 1.29 is 23.5 Å². The van der Waals surface area contributed by atoms with Gasteiger partial charge in [0.2, 0.25) is 0 Å². The number of nitrogens with zero attached hydrogens (tertiary/aromatic N) is 1. The van der Waals surface area contributed by atoms with Gasteiger partial charge in [-0.2, -0.15) is 0 Å². The molecule has 1 unspecified atom stereocenters. The number of ether oxygens (including phenoxy) is 2. The van der Waals surface area contributed by atoms with Crippen LogP contribution in [0.15, 0.2) is 0 Å². The van der Waals surface area contributed by atoms with Gasteiger partial charge in [-0.1, -0.05) is 0 Å². The topological polar surface area (TPSA) is 55.8 Å². The van der Waals surface area contributed by atoms with Crippen LogP contribution in [0.5, 0.6) is 0 Å². The molecule has 0 rings (SSSR count). The molecule has 6 heteroatoms. The van der Waals surface area contributed by atoms with E-state index in [9.17, 15) is 14.0 Å². The number of hydrogen-bond acceptors (Lipinski definition) is 4. The summed E-state index contributed by atoms with van der Waals surface area (Å²) >= 11 is 0. The molecule has 5 nitrogen and oxygen atoms in total. The average Bonchev–Trinajstić information content (AvgIpc) is 2.20. The Hall–Kier alpha value is -1.33. The Morgan fingerprint density at radius 3 is 2.00 bits per heavy atom. The van der Waals surface area contributed by atoms with Gasteiger partial charge in [-0.25, -0.2) is 14.0 Å². The van der Waals surface area contributed by atoms with E-state index < -0.39 is 29.4 Å². The Morgan fingerprint density at radius 1 is 1.21 bits per heavy atom. The maximum absolute atomic E-state index is 13.7.